The number of aryl methyl sites for hydroxylation is 1. The van der Waals surface area contributed by atoms with Crippen molar-refractivity contribution >= 4 is 27.5 Å². The zero-order valence-corrected chi connectivity index (χ0v) is 18.4. The van der Waals surface area contributed by atoms with Gasteiger partial charge in [0, 0.05) is 19.4 Å². The molecule has 166 valence electrons. The van der Waals surface area contributed by atoms with Gasteiger partial charge < -0.3 is 15.0 Å². The Labute approximate surface area is 182 Å². The van der Waals surface area contributed by atoms with Gasteiger partial charge in [-0.15, -0.1) is 0 Å². The number of amides is 2. The number of carbonyl (C=O) groups is 2. The summed E-state index contributed by atoms with van der Waals surface area (Å²) in [5, 5.41) is 7.87. The first-order valence-electron chi connectivity index (χ1n) is 10.1. The Balaban J connectivity index is 1.48. The van der Waals surface area contributed by atoms with Crippen LogP contribution in [0, 0.1) is 6.92 Å². The van der Waals surface area contributed by atoms with E-state index in [0.29, 0.717) is 25.3 Å². The molecule has 0 radical (unpaired) electrons. The highest BCUT2D eigenvalue weighted by atomic mass is 32.2. The van der Waals surface area contributed by atoms with Crippen LogP contribution in [-0.2, 0) is 26.0 Å². The lowest BCUT2D eigenvalue weighted by molar-refractivity contribution is -0.125. The van der Waals surface area contributed by atoms with Gasteiger partial charge >= 0.3 is 0 Å². The third-order valence-corrected chi connectivity index (χ3v) is 5.96. The van der Waals surface area contributed by atoms with Crippen molar-refractivity contribution in [2.45, 2.75) is 44.1 Å². The first kappa shape index (κ1) is 22.8. The average Bonchev–Trinajstić information content (AvgIpc) is 2.71. The monoisotopic (exact) mass is 445 g/mol. The van der Waals surface area contributed by atoms with E-state index < -0.39 is 10.0 Å². The van der Waals surface area contributed by atoms with Gasteiger partial charge in [-0.1, -0.05) is 18.2 Å². The molecule has 9 heteroatoms. The summed E-state index contributed by atoms with van der Waals surface area (Å²) in [6, 6.07) is 11.9. The Bertz CT molecular complexity index is 1070. The number of ether oxygens (including phenoxy) is 1. The maximum atomic E-state index is 12.8. The Hall–Kier alpha value is -2.91. The van der Waals surface area contributed by atoms with Gasteiger partial charge in [0.15, 0.2) is 0 Å². The van der Waals surface area contributed by atoms with Gasteiger partial charge in [0.25, 0.3) is 0 Å². The van der Waals surface area contributed by atoms with E-state index in [1.54, 1.807) is 17.0 Å². The summed E-state index contributed by atoms with van der Waals surface area (Å²) < 4.78 is 28.3. The molecule has 3 rings (SSSR count). The fraction of sp³-hybridized carbons (Fsp3) is 0.364. The standard InChI is InChI=1S/C22H27N3O5S/c1-15-3-8-20-19(13-15)25(14-16(2)30-20)22(27)10-9-21(26)24-12-11-17-4-6-18(7-5-17)31(23,28)29/h3-8,13,16H,9-12,14H2,1-2H3,(H,24,26)(H2,23,28,29)/t16-/m0/s1. The summed E-state index contributed by atoms with van der Waals surface area (Å²) in [5.41, 5.74) is 2.65. The van der Waals surface area contributed by atoms with E-state index in [9.17, 15) is 18.0 Å². The minimum Gasteiger partial charge on any atom is -0.487 e. The molecule has 3 N–H and O–H groups in total. The molecular formula is C22H27N3O5S. The summed E-state index contributed by atoms with van der Waals surface area (Å²) in [6.45, 7) is 4.70. The molecule has 1 atom stereocenters. The number of benzene rings is 2. The number of anilines is 1. The Kier molecular flexibility index (Phi) is 6.97. The van der Waals surface area contributed by atoms with Crippen LogP contribution < -0.4 is 20.1 Å². The molecule has 1 heterocycles. The number of primary sulfonamides is 1. The van der Waals surface area contributed by atoms with E-state index in [2.05, 4.69) is 5.32 Å². The number of fused-ring (bicyclic) bond motifs is 1. The molecule has 0 saturated carbocycles. The number of rotatable bonds is 7. The molecule has 1 aliphatic rings. The molecule has 2 amide bonds. The van der Waals surface area contributed by atoms with Gasteiger partial charge in [-0.2, -0.15) is 0 Å². The van der Waals surface area contributed by atoms with Gasteiger partial charge in [0.05, 0.1) is 17.1 Å². The van der Waals surface area contributed by atoms with Crippen molar-refractivity contribution in [1.29, 1.82) is 0 Å². The molecule has 0 fully saturated rings. The van der Waals surface area contributed by atoms with Crippen molar-refractivity contribution in [3.63, 3.8) is 0 Å². The molecule has 0 unspecified atom stereocenters. The average molecular weight is 446 g/mol. The summed E-state index contributed by atoms with van der Waals surface area (Å²) in [4.78, 5) is 26.7. The lowest BCUT2D eigenvalue weighted by Crippen LogP contribution is -2.42. The molecule has 0 aliphatic carbocycles. The number of hydrogen-bond donors (Lipinski definition) is 2. The van der Waals surface area contributed by atoms with Crippen LogP contribution in [-0.4, -0.2) is 39.4 Å². The maximum Gasteiger partial charge on any atom is 0.238 e. The molecule has 0 aromatic heterocycles. The lowest BCUT2D eigenvalue weighted by atomic mass is 10.1. The van der Waals surface area contributed by atoms with Crippen molar-refractivity contribution in [1.82, 2.24) is 5.32 Å². The minimum absolute atomic E-state index is 0.0491. The Morgan fingerprint density at radius 3 is 2.55 bits per heavy atom. The number of carbonyl (C=O) groups excluding carboxylic acids is 2. The van der Waals surface area contributed by atoms with Gasteiger partial charge in [-0.25, -0.2) is 13.6 Å². The highest BCUT2D eigenvalue weighted by Gasteiger charge is 2.27. The highest BCUT2D eigenvalue weighted by Crippen LogP contribution is 2.34. The van der Waals surface area contributed by atoms with Crippen LogP contribution in [0.2, 0.25) is 0 Å². The largest absolute Gasteiger partial charge is 0.487 e. The van der Waals surface area contributed by atoms with Crippen LogP contribution in [0.25, 0.3) is 0 Å². The number of nitrogens with one attached hydrogen (secondary N) is 1. The van der Waals surface area contributed by atoms with Gasteiger partial charge in [0.2, 0.25) is 21.8 Å². The number of sulfonamides is 1. The van der Waals surface area contributed by atoms with Crippen LogP contribution >= 0.6 is 0 Å². The van der Waals surface area contributed by atoms with E-state index in [-0.39, 0.29) is 35.7 Å². The smallest absolute Gasteiger partial charge is 0.238 e. The first-order valence-corrected chi connectivity index (χ1v) is 11.6. The zero-order valence-electron chi connectivity index (χ0n) is 17.6. The number of nitrogens with two attached hydrogens (primary N) is 1. The van der Waals surface area contributed by atoms with Crippen molar-refractivity contribution < 1.29 is 22.7 Å². The number of hydrogen-bond acceptors (Lipinski definition) is 5. The molecule has 1 aliphatic heterocycles. The van der Waals surface area contributed by atoms with Crippen molar-refractivity contribution in [3.8, 4) is 5.75 Å². The predicted octanol–water partition coefficient (Wildman–Crippen LogP) is 1.90. The van der Waals surface area contributed by atoms with Crippen LogP contribution in [0.3, 0.4) is 0 Å². The van der Waals surface area contributed by atoms with Crippen LogP contribution in [0.1, 0.15) is 30.9 Å². The molecule has 0 spiro atoms. The van der Waals surface area contributed by atoms with Gasteiger partial charge in [-0.3, -0.25) is 9.59 Å². The van der Waals surface area contributed by atoms with Crippen LogP contribution in [0.15, 0.2) is 47.4 Å². The van der Waals surface area contributed by atoms with Gasteiger partial charge in [0.1, 0.15) is 11.9 Å². The highest BCUT2D eigenvalue weighted by molar-refractivity contribution is 7.89. The Morgan fingerprint density at radius 2 is 1.87 bits per heavy atom. The van der Waals surface area contributed by atoms with E-state index in [1.165, 1.54) is 12.1 Å². The van der Waals surface area contributed by atoms with E-state index in [4.69, 9.17) is 9.88 Å². The molecule has 8 nitrogen and oxygen atoms in total. The molecule has 0 saturated heterocycles. The fourth-order valence-corrected chi connectivity index (χ4v) is 3.93. The lowest BCUT2D eigenvalue weighted by Gasteiger charge is -2.33. The zero-order chi connectivity index (χ0) is 22.6. The SMILES string of the molecule is Cc1ccc2c(c1)N(C(=O)CCC(=O)NCCc1ccc(S(N)(=O)=O)cc1)C[C@H](C)O2. The van der Waals surface area contributed by atoms with E-state index in [1.807, 2.05) is 32.0 Å². The Morgan fingerprint density at radius 1 is 1.16 bits per heavy atom. The summed E-state index contributed by atoms with van der Waals surface area (Å²) in [7, 11) is -3.72. The van der Waals surface area contributed by atoms with E-state index >= 15 is 0 Å². The fourth-order valence-electron chi connectivity index (χ4n) is 3.42. The van der Waals surface area contributed by atoms with Crippen molar-refractivity contribution in [2.24, 2.45) is 5.14 Å². The second-order valence-corrected chi connectivity index (χ2v) is 9.25. The molecular weight excluding hydrogens is 418 g/mol. The van der Waals surface area contributed by atoms with Crippen LogP contribution in [0.4, 0.5) is 5.69 Å². The first-order chi connectivity index (χ1) is 14.6. The quantitative estimate of drug-likeness (QED) is 0.675. The minimum atomic E-state index is -3.72. The second kappa shape index (κ2) is 9.49. The predicted molar refractivity (Wildman–Crippen MR) is 117 cm³/mol. The summed E-state index contributed by atoms with van der Waals surface area (Å²) in [5.74, 6) is 0.353. The normalized spacial score (nSPS) is 15.7. The van der Waals surface area contributed by atoms with Crippen molar-refractivity contribution in [3.05, 3.63) is 53.6 Å². The third kappa shape index (κ3) is 6.05. The molecule has 0 bridgehead atoms. The maximum absolute atomic E-state index is 12.8. The molecule has 2 aromatic carbocycles. The summed E-state index contributed by atoms with van der Waals surface area (Å²) >= 11 is 0. The number of nitrogens with zero attached hydrogens (tertiary/aromatic N) is 1. The van der Waals surface area contributed by atoms with Gasteiger partial charge in [-0.05, 0) is 55.7 Å². The molecule has 31 heavy (non-hydrogen) atoms. The summed E-state index contributed by atoms with van der Waals surface area (Å²) in [6.07, 6.45) is 0.622. The molecule has 2 aromatic rings. The van der Waals surface area contributed by atoms with Crippen molar-refractivity contribution in [2.75, 3.05) is 18.0 Å². The van der Waals surface area contributed by atoms with E-state index in [0.717, 1.165) is 16.8 Å². The van der Waals surface area contributed by atoms with Crippen LogP contribution in [0.5, 0.6) is 5.75 Å². The topological polar surface area (TPSA) is 119 Å². The third-order valence-electron chi connectivity index (χ3n) is 5.03. The second-order valence-electron chi connectivity index (χ2n) is 7.69.